The second kappa shape index (κ2) is 8.97. The molecule has 0 radical (unpaired) electrons. The molecule has 0 atom stereocenters. The fourth-order valence-electron chi connectivity index (χ4n) is 2.17. The summed E-state index contributed by atoms with van der Waals surface area (Å²) < 4.78 is 0. The molecule has 0 saturated heterocycles. The Morgan fingerprint density at radius 1 is 1.28 bits per heavy atom. The van der Waals surface area contributed by atoms with Crippen molar-refractivity contribution in [2.24, 2.45) is 4.99 Å². The summed E-state index contributed by atoms with van der Waals surface area (Å²) in [6.07, 6.45) is 7.84. The molecular weight excluding hydrogens is 224 g/mol. The zero-order chi connectivity index (χ0) is 13.2. The van der Waals surface area contributed by atoms with E-state index in [0.29, 0.717) is 6.04 Å². The van der Waals surface area contributed by atoms with Crippen molar-refractivity contribution in [3.8, 4) is 0 Å². The molecule has 0 fully saturated rings. The number of hydrogen-bond donors (Lipinski definition) is 2. The monoisotopic (exact) mass is 252 g/mol. The summed E-state index contributed by atoms with van der Waals surface area (Å²) in [7, 11) is 1.84. The Morgan fingerprint density at radius 3 is 2.50 bits per heavy atom. The molecule has 1 aliphatic carbocycles. The third-order valence-corrected chi connectivity index (χ3v) is 3.41. The van der Waals surface area contributed by atoms with Crippen LogP contribution in [-0.4, -0.2) is 50.1 Å². The smallest absolute Gasteiger partial charge is 0.191 e. The molecule has 104 valence electrons. The van der Waals surface area contributed by atoms with Crippen molar-refractivity contribution in [3.63, 3.8) is 0 Å². The summed E-state index contributed by atoms with van der Waals surface area (Å²) in [6, 6.07) is 0.527. The van der Waals surface area contributed by atoms with Crippen molar-refractivity contribution in [2.45, 2.75) is 39.2 Å². The molecule has 0 amide bonds. The van der Waals surface area contributed by atoms with Gasteiger partial charge in [0.25, 0.3) is 0 Å². The molecule has 0 spiro atoms. The van der Waals surface area contributed by atoms with Gasteiger partial charge in [0.1, 0.15) is 0 Å². The Bertz CT molecular complexity index is 261. The van der Waals surface area contributed by atoms with Crippen molar-refractivity contribution >= 4 is 5.96 Å². The van der Waals surface area contributed by atoms with Gasteiger partial charge in [-0.2, -0.15) is 0 Å². The van der Waals surface area contributed by atoms with Gasteiger partial charge >= 0.3 is 0 Å². The van der Waals surface area contributed by atoms with Crippen LogP contribution in [0.25, 0.3) is 0 Å². The first kappa shape index (κ1) is 15.0. The van der Waals surface area contributed by atoms with E-state index in [4.69, 9.17) is 0 Å². The van der Waals surface area contributed by atoms with E-state index in [0.717, 1.165) is 51.4 Å². The van der Waals surface area contributed by atoms with E-state index in [1.165, 1.54) is 0 Å². The maximum atomic E-state index is 4.26. The predicted octanol–water partition coefficient (Wildman–Crippen LogP) is 1.60. The van der Waals surface area contributed by atoms with Crippen LogP contribution >= 0.6 is 0 Å². The average Bonchev–Trinajstić information content (AvgIpc) is 2.90. The Morgan fingerprint density at radius 2 is 1.94 bits per heavy atom. The first-order chi connectivity index (χ1) is 8.80. The number of aliphatic imine (C=N–C) groups is 1. The summed E-state index contributed by atoms with van der Waals surface area (Å²) >= 11 is 0. The van der Waals surface area contributed by atoms with E-state index in [1.807, 2.05) is 7.05 Å². The predicted molar refractivity (Wildman–Crippen MR) is 79.1 cm³/mol. The summed E-state index contributed by atoms with van der Waals surface area (Å²) in [4.78, 5) is 6.70. The van der Waals surface area contributed by atoms with Gasteiger partial charge in [-0.05, 0) is 38.9 Å². The number of guanidine groups is 1. The maximum Gasteiger partial charge on any atom is 0.191 e. The van der Waals surface area contributed by atoms with Crippen LogP contribution in [0.15, 0.2) is 17.1 Å². The molecule has 1 rings (SSSR count). The molecule has 0 aromatic carbocycles. The van der Waals surface area contributed by atoms with E-state index < -0.39 is 0 Å². The van der Waals surface area contributed by atoms with Crippen molar-refractivity contribution in [1.29, 1.82) is 0 Å². The van der Waals surface area contributed by atoms with Gasteiger partial charge in [-0.25, -0.2) is 0 Å². The van der Waals surface area contributed by atoms with Crippen molar-refractivity contribution in [2.75, 3.05) is 33.2 Å². The standard InChI is InChI=1S/C14H28N4/c1-4-18(5-2)12-8-11-16-14(15-3)17-13-9-6-7-10-13/h6-7,13H,4-5,8-12H2,1-3H3,(H2,15,16,17). The van der Waals surface area contributed by atoms with Crippen LogP contribution < -0.4 is 10.6 Å². The second-order valence-electron chi connectivity index (χ2n) is 4.66. The van der Waals surface area contributed by atoms with Gasteiger partial charge in [0.2, 0.25) is 0 Å². The highest BCUT2D eigenvalue weighted by molar-refractivity contribution is 5.80. The normalized spacial score (nSPS) is 16.6. The summed E-state index contributed by atoms with van der Waals surface area (Å²) in [5.74, 6) is 0.934. The lowest BCUT2D eigenvalue weighted by Crippen LogP contribution is -2.43. The summed E-state index contributed by atoms with van der Waals surface area (Å²) in [5, 5.41) is 6.83. The summed E-state index contributed by atoms with van der Waals surface area (Å²) in [6.45, 7) is 8.84. The molecule has 18 heavy (non-hydrogen) atoms. The van der Waals surface area contributed by atoms with E-state index in [-0.39, 0.29) is 0 Å². The quantitative estimate of drug-likeness (QED) is 0.313. The van der Waals surface area contributed by atoms with Gasteiger partial charge in [-0.15, -0.1) is 0 Å². The van der Waals surface area contributed by atoms with E-state index >= 15 is 0 Å². The van der Waals surface area contributed by atoms with Gasteiger partial charge in [0, 0.05) is 19.6 Å². The number of hydrogen-bond acceptors (Lipinski definition) is 2. The van der Waals surface area contributed by atoms with Gasteiger partial charge < -0.3 is 15.5 Å². The highest BCUT2D eigenvalue weighted by Crippen LogP contribution is 2.08. The molecular formula is C14H28N4. The Labute approximate surface area is 112 Å². The largest absolute Gasteiger partial charge is 0.356 e. The van der Waals surface area contributed by atoms with Crippen molar-refractivity contribution < 1.29 is 0 Å². The molecule has 0 aromatic rings. The van der Waals surface area contributed by atoms with Crippen LogP contribution in [0.1, 0.15) is 33.1 Å². The zero-order valence-electron chi connectivity index (χ0n) is 12.1. The van der Waals surface area contributed by atoms with Crippen LogP contribution in [0.5, 0.6) is 0 Å². The first-order valence-electron chi connectivity index (χ1n) is 7.14. The lowest BCUT2D eigenvalue weighted by Gasteiger charge is -2.19. The third-order valence-electron chi connectivity index (χ3n) is 3.41. The fourth-order valence-corrected chi connectivity index (χ4v) is 2.17. The molecule has 1 aliphatic rings. The van der Waals surface area contributed by atoms with Crippen LogP contribution in [-0.2, 0) is 0 Å². The third kappa shape index (κ3) is 5.54. The number of nitrogens with zero attached hydrogens (tertiary/aromatic N) is 2. The lowest BCUT2D eigenvalue weighted by molar-refractivity contribution is 0.300. The maximum absolute atomic E-state index is 4.26. The number of rotatable bonds is 7. The highest BCUT2D eigenvalue weighted by atomic mass is 15.2. The SMILES string of the molecule is CCN(CC)CCCNC(=NC)NC1CC=CC1. The van der Waals surface area contributed by atoms with Crippen LogP contribution in [0.4, 0.5) is 0 Å². The minimum atomic E-state index is 0.527. The Hall–Kier alpha value is -1.03. The van der Waals surface area contributed by atoms with Crippen LogP contribution in [0, 0.1) is 0 Å². The van der Waals surface area contributed by atoms with E-state index in [9.17, 15) is 0 Å². The molecule has 0 aromatic heterocycles. The molecule has 0 aliphatic heterocycles. The second-order valence-corrected chi connectivity index (χ2v) is 4.66. The molecule has 0 bridgehead atoms. The molecule has 0 saturated carbocycles. The highest BCUT2D eigenvalue weighted by Gasteiger charge is 2.11. The van der Waals surface area contributed by atoms with E-state index in [2.05, 4.69) is 46.5 Å². The molecule has 2 N–H and O–H groups in total. The first-order valence-corrected chi connectivity index (χ1v) is 7.14. The van der Waals surface area contributed by atoms with Crippen molar-refractivity contribution in [3.05, 3.63) is 12.2 Å². The van der Waals surface area contributed by atoms with Crippen molar-refractivity contribution in [1.82, 2.24) is 15.5 Å². The Balaban J connectivity index is 2.12. The van der Waals surface area contributed by atoms with Gasteiger partial charge in [-0.3, -0.25) is 4.99 Å². The lowest BCUT2D eigenvalue weighted by atomic mass is 10.2. The van der Waals surface area contributed by atoms with Gasteiger partial charge in [0.15, 0.2) is 5.96 Å². The van der Waals surface area contributed by atoms with E-state index in [1.54, 1.807) is 0 Å². The molecule has 4 heteroatoms. The van der Waals surface area contributed by atoms with Gasteiger partial charge in [-0.1, -0.05) is 26.0 Å². The minimum Gasteiger partial charge on any atom is -0.356 e. The zero-order valence-corrected chi connectivity index (χ0v) is 12.1. The Kier molecular flexibility index (Phi) is 7.49. The van der Waals surface area contributed by atoms with Crippen LogP contribution in [0.2, 0.25) is 0 Å². The minimum absolute atomic E-state index is 0.527. The average molecular weight is 252 g/mol. The molecule has 4 nitrogen and oxygen atoms in total. The molecule has 0 heterocycles. The molecule has 0 unspecified atom stereocenters. The fraction of sp³-hybridized carbons (Fsp3) is 0.786. The van der Waals surface area contributed by atoms with Crippen LogP contribution in [0.3, 0.4) is 0 Å². The summed E-state index contributed by atoms with van der Waals surface area (Å²) in [5.41, 5.74) is 0. The topological polar surface area (TPSA) is 39.7 Å². The number of nitrogens with one attached hydrogen (secondary N) is 2. The van der Waals surface area contributed by atoms with Gasteiger partial charge in [0.05, 0.1) is 0 Å².